The molecule has 3 amide bonds. The maximum Gasteiger partial charge on any atom is 0.242 e. The van der Waals surface area contributed by atoms with E-state index in [1.165, 1.54) is 35.7 Å². The molecule has 4 rings (SSSR count). The molecular weight excluding hydrogens is 469 g/mol. The molecule has 1 aromatic heterocycles. The molecule has 188 valence electrons. The largest absolute Gasteiger partial charge is 0.339 e. The lowest BCUT2D eigenvalue weighted by Crippen LogP contribution is -2.53. The number of anilines is 1. The number of thioether (sulfide) groups is 1. The number of benzene rings is 1. The van der Waals surface area contributed by atoms with Crippen LogP contribution in [0.5, 0.6) is 0 Å². The predicted octanol–water partition coefficient (Wildman–Crippen LogP) is 2.72. The Morgan fingerprint density at radius 3 is 2.40 bits per heavy atom. The van der Waals surface area contributed by atoms with Crippen molar-refractivity contribution < 1.29 is 18.8 Å². The van der Waals surface area contributed by atoms with Crippen LogP contribution in [0.25, 0.3) is 0 Å². The second-order valence-corrected chi connectivity index (χ2v) is 11.2. The third-order valence-electron chi connectivity index (χ3n) is 6.48. The van der Waals surface area contributed by atoms with Crippen molar-refractivity contribution in [3.63, 3.8) is 0 Å². The first-order valence-electron chi connectivity index (χ1n) is 11.8. The molecule has 3 heterocycles. The topological polar surface area (TPSA) is 78.8 Å². The number of piperazine rings is 1. The van der Waals surface area contributed by atoms with Crippen LogP contribution in [-0.4, -0.2) is 75.8 Å². The molecule has 0 saturated carbocycles. The lowest BCUT2D eigenvalue weighted by molar-refractivity contribution is -0.137. The van der Waals surface area contributed by atoms with Gasteiger partial charge in [0.1, 0.15) is 18.2 Å². The molecule has 1 atom stereocenters. The summed E-state index contributed by atoms with van der Waals surface area (Å²) in [6.45, 7) is 9.43. The van der Waals surface area contributed by atoms with E-state index in [4.69, 9.17) is 5.10 Å². The van der Waals surface area contributed by atoms with E-state index in [0.717, 1.165) is 16.8 Å². The minimum Gasteiger partial charge on any atom is -0.339 e. The van der Waals surface area contributed by atoms with Crippen LogP contribution in [0, 0.1) is 5.82 Å². The molecule has 2 aliphatic heterocycles. The number of halogens is 1. The number of carbonyl (C=O) groups is 3. The Morgan fingerprint density at radius 1 is 1.14 bits per heavy atom. The number of hydrogen-bond acceptors (Lipinski definition) is 5. The van der Waals surface area contributed by atoms with Gasteiger partial charge in [-0.2, -0.15) is 5.10 Å². The summed E-state index contributed by atoms with van der Waals surface area (Å²) in [6.07, 6.45) is 0. The summed E-state index contributed by atoms with van der Waals surface area (Å²) in [5, 5.41) is 4.48. The second kappa shape index (κ2) is 9.64. The zero-order chi connectivity index (χ0) is 25.5. The number of amides is 3. The fraction of sp³-hybridized carbons (Fsp3) is 0.520. The van der Waals surface area contributed by atoms with E-state index < -0.39 is 0 Å². The van der Waals surface area contributed by atoms with Gasteiger partial charge in [0.15, 0.2) is 0 Å². The minimum absolute atomic E-state index is 0.00514. The molecule has 2 aliphatic rings. The molecule has 0 aliphatic carbocycles. The molecule has 8 nitrogen and oxygen atoms in total. The van der Waals surface area contributed by atoms with Crippen molar-refractivity contribution in [2.75, 3.05) is 43.4 Å². The van der Waals surface area contributed by atoms with Crippen molar-refractivity contribution in [3.8, 4) is 0 Å². The number of carbonyl (C=O) groups excluding carboxylic acids is 3. The predicted molar refractivity (Wildman–Crippen MR) is 134 cm³/mol. The average molecular weight is 502 g/mol. The van der Waals surface area contributed by atoms with Crippen molar-refractivity contribution in [2.45, 2.75) is 38.4 Å². The fourth-order valence-corrected chi connectivity index (χ4v) is 5.87. The Kier molecular flexibility index (Phi) is 6.95. The first-order chi connectivity index (χ1) is 16.5. The van der Waals surface area contributed by atoms with Crippen LogP contribution in [0.2, 0.25) is 0 Å². The Labute approximate surface area is 209 Å². The summed E-state index contributed by atoms with van der Waals surface area (Å²) < 4.78 is 15.8. The maximum absolute atomic E-state index is 14.2. The summed E-state index contributed by atoms with van der Waals surface area (Å²) >= 11 is 1.43. The van der Waals surface area contributed by atoms with Gasteiger partial charge in [-0.3, -0.25) is 24.0 Å². The molecular formula is C25H32FN5O3S. The van der Waals surface area contributed by atoms with Crippen LogP contribution >= 0.6 is 11.8 Å². The Bertz CT molecular complexity index is 1150. The number of hydrogen-bond donors (Lipinski definition) is 0. The standard InChI is InChI=1S/C25H32FN5O3S/c1-16(32)29-9-11-30(12-10-29)19(33)14-31-20(34)15-35-22(17-7-6-8-18(26)13-17)21-23(25(2,3)4)27-28(5)24(21)31/h6-8,13,22H,9-12,14-15H2,1-5H3/t22-/m1/s1. The summed E-state index contributed by atoms with van der Waals surface area (Å²) in [7, 11) is 1.78. The van der Waals surface area contributed by atoms with Crippen molar-refractivity contribution in [2.24, 2.45) is 7.05 Å². The SMILES string of the molecule is CC(=O)N1CCN(C(=O)CN2C(=O)CS[C@H](c3cccc(F)c3)c3c(C(C)(C)C)nn(C)c32)CC1. The quantitative estimate of drug-likeness (QED) is 0.646. The van der Waals surface area contributed by atoms with Gasteiger partial charge in [-0.05, 0) is 17.7 Å². The van der Waals surface area contributed by atoms with E-state index >= 15 is 0 Å². The van der Waals surface area contributed by atoms with Crippen LogP contribution < -0.4 is 4.90 Å². The number of fused-ring (bicyclic) bond motifs is 1. The van der Waals surface area contributed by atoms with E-state index in [0.29, 0.717) is 32.0 Å². The lowest BCUT2D eigenvalue weighted by atomic mass is 9.87. The summed E-state index contributed by atoms with van der Waals surface area (Å²) in [5.74, 6) is 0.0437. The van der Waals surface area contributed by atoms with Crippen molar-refractivity contribution in [3.05, 3.63) is 46.9 Å². The maximum atomic E-state index is 14.2. The fourth-order valence-electron chi connectivity index (χ4n) is 4.68. The first kappa shape index (κ1) is 25.2. The van der Waals surface area contributed by atoms with Crippen LogP contribution in [-0.2, 0) is 26.8 Å². The van der Waals surface area contributed by atoms with E-state index in [9.17, 15) is 18.8 Å². The van der Waals surface area contributed by atoms with Gasteiger partial charge in [0.05, 0.1) is 16.7 Å². The van der Waals surface area contributed by atoms with Crippen LogP contribution in [0.1, 0.15) is 49.8 Å². The van der Waals surface area contributed by atoms with Gasteiger partial charge >= 0.3 is 0 Å². The number of aryl methyl sites for hydroxylation is 1. The van der Waals surface area contributed by atoms with Crippen LogP contribution in [0.4, 0.5) is 10.2 Å². The van der Waals surface area contributed by atoms with Gasteiger partial charge in [0.2, 0.25) is 17.7 Å². The zero-order valence-corrected chi connectivity index (χ0v) is 21.7. The molecule has 0 spiro atoms. The molecule has 0 N–H and O–H groups in total. The Morgan fingerprint density at radius 2 is 1.80 bits per heavy atom. The van der Waals surface area contributed by atoms with Gasteiger partial charge in [-0.1, -0.05) is 32.9 Å². The average Bonchev–Trinajstić information content (AvgIpc) is 3.07. The van der Waals surface area contributed by atoms with Crippen molar-refractivity contribution >= 4 is 35.3 Å². The minimum atomic E-state index is -0.335. The van der Waals surface area contributed by atoms with E-state index in [2.05, 4.69) is 20.8 Å². The first-order valence-corrected chi connectivity index (χ1v) is 12.8. The zero-order valence-electron chi connectivity index (χ0n) is 20.9. The summed E-state index contributed by atoms with van der Waals surface area (Å²) in [4.78, 5) is 43.2. The molecule has 35 heavy (non-hydrogen) atoms. The lowest BCUT2D eigenvalue weighted by Gasteiger charge is -2.35. The smallest absolute Gasteiger partial charge is 0.242 e. The molecule has 0 unspecified atom stereocenters. The monoisotopic (exact) mass is 501 g/mol. The molecule has 0 radical (unpaired) electrons. The van der Waals surface area contributed by atoms with Crippen LogP contribution in [0.15, 0.2) is 24.3 Å². The van der Waals surface area contributed by atoms with Gasteiger partial charge < -0.3 is 9.80 Å². The number of aromatic nitrogens is 2. The number of rotatable bonds is 3. The number of nitrogens with zero attached hydrogens (tertiary/aromatic N) is 5. The van der Waals surface area contributed by atoms with Gasteiger partial charge in [-0.25, -0.2) is 4.39 Å². The molecule has 1 saturated heterocycles. The molecule has 2 aromatic rings. The normalized spacial score (nSPS) is 19.0. The second-order valence-electron chi connectivity index (χ2n) is 10.1. The molecule has 10 heteroatoms. The molecule has 1 fully saturated rings. The van der Waals surface area contributed by atoms with E-state index in [1.54, 1.807) is 27.6 Å². The van der Waals surface area contributed by atoms with Crippen LogP contribution in [0.3, 0.4) is 0 Å². The van der Waals surface area contributed by atoms with Gasteiger partial charge in [0.25, 0.3) is 0 Å². The van der Waals surface area contributed by atoms with E-state index in [-0.39, 0.29) is 46.5 Å². The highest BCUT2D eigenvalue weighted by atomic mass is 32.2. The highest BCUT2D eigenvalue weighted by Gasteiger charge is 2.39. The Hall–Kier alpha value is -2.88. The third kappa shape index (κ3) is 5.07. The third-order valence-corrected chi connectivity index (χ3v) is 7.73. The molecule has 1 aromatic carbocycles. The highest BCUT2D eigenvalue weighted by Crippen LogP contribution is 2.47. The summed E-state index contributed by atoms with van der Waals surface area (Å²) in [5.41, 5.74) is 2.09. The van der Waals surface area contributed by atoms with Crippen molar-refractivity contribution in [1.29, 1.82) is 0 Å². The van der Waals surface area contributed by atoms with Crippen molar-refractivity contribution in [1.82, 2.24) is 19.6 Å². The van der Waals surface area contributed by atoms with E-state index in [1.807, 2.05) is 6.07 Å². The molecule has 0 bridgehead atoms. The van der Waals surface area contributed by atoms with Gasteiger partial charge in [0, 0.05) is 51.1 Å². The Balaban J connectivity index is 1.72. The van der Waals surface area contributed by atoms with Gasteiger partial charge in [-0.15, -0.1) is 11.8 Å². The highest BCUT2D eigenvalue weighted by molar-refractivity contribution is 8.00. The summed E-state index contributed by atoms with van der Waals surface area (Å²) in [6, 6.07) is 6.44.